The minimum absolute atomic E-state index is 0.0216. The highest BCUT2D eigenvalue weighted by molar-refractivity contribution is 5.40. The lowest BCUT2D eigenvalue weighted by Crippen LogP contribution is -2.54. The maximum Gasteiger partial charge on any atom is 0.342 e. The Hall–Kier alpha value is -1.85. The molecule has 1 aromatic rings. The van der Waals surface area contributed by atoms with Crippen LogP contribution >= 0.6 is 0 Å². The SMILES string of the molecule is C=C1CCC2C3(C)CC(C=C(C)CO)OC3CCC2(C)C1Cc1c(O)c(C)c(C)oc1=O. The molecule has 3 aliphatic rings. The largest absolute Gasteiger partial charge is 0.507 e. The molecule has 3 fully saturated rings. The van der Waals surface area contributed by atoms with Crippen molar-refractivity contribution in [3.8, 4) is 5.75 Å². The molecule has 32 heavy (non-hydrogen) atoms. The highest BCUT2D eigenvalue weighted by Crippen LogP contribution is 2.65. The van der Waals surface area contributed by atoms with E-state index in [1.807, 2.05) is 6.92 Å². The molecule has 4 rings (SSSR count). The molecule has 0 bridgehead atoms. The molecule has 6 atom stereocenters. The van der Waals surface area contributed by atoms with Crippen LogP contribution in [0.15, 0.2) is 33.0 Å². The van der Waals surface area contributed by atoms with Crippen molar-refractivity contribution in [3.05, 3.63) is 51.1 Å². The molecule has 2 N–H and O–H groups in total. The fourth-order valence-electron chi connectivity index (χ4n) is 7.16. The molecule has 0 amide bonds. The van der Waals surface area contributed by atoms with Crippen LogP contribution in [0, 0.1) is 36.5 Å². The van der Waals surface area contributed by atoms with E-state index >= 15 is 0 Å². The lowest BCUT2D eigenvalue weighted by molar-refractivity contribution is -0.110. The van der Waals surface area contributed by atoms with Gasteiger partial charge in [-0.15, -0.1) is 0 Å². The Morgan fingerprint density at radius 2 is 1.97 bits per heavy atom. The third-order valence-electron chi connectivity index (χ3n) is 9.09. The summed E-state index contributed by atoms with van der Waals surface area (Å²) in [4.78, 5) is 12.7. The zero-order valence-corrected chi connectivity index (χ0v) is 20.2. The van der Waals surface area contributed by atoms with Crippen molar-refractivity contribution in [2.45, 2.75) is 85.4 Å². The molecule has 2 saturated carbocycles. The average molecular weight is 443 g/mol. The number of hydrogen-bond acceptors (Lipinski definition) is 5. The highest BCUT2D eigenvalue weighted by atomic mass is 16.5. The maximum atomic E-state index is 12.7. The van der Waals surface area contributed by atoms with Gasteiger partial charge >= 0.3 is 5.63 Å². The van der Waals surface area contributed by atoms with Crippen molar-refractivity contribution in [2.24, 2.45) is 22.7 Å². The van der Waals surface area contributed by atoms with Gasteiger partial charge in [-0.3, -0.25) is 0 Å². The number of aliphatic hydroxyl groups is 1. The summed E-state index contributed by atoms with van der Waals surface area (Å²) in [6, 6.07) is 0. The third-order valence-corrected chi connectivity index (χ3v) is 9.09. The lowest BCUT2D eigenvalue weighted by Gasteiger charge is -2.59. The van der Waals surface area contributed by atoms with Crippen LogP contribution in [0.1, 0.15) is 69.8 Å². The first kappa shape index (κ1) is 23.3. The monoisotopic (exact) mass is 442 g/mol. The summed E-state index contributed by atoms with van der Waals surface area (Å²) >= 11 is 0. The number of aromatic hydroxyl groups is 1. The number of rotatable bonds is 4. The summed E-state index contributed by atoms with van der Waals surface area (Å²) in [7, 11) is 0. The van der Waals surface area contributed by atoms with Gasteiger partial charge in [0.15, 0.2) is 0 Å². The van der Waals surface area contributed by atoms with Crippen molar-refractivity contribution in [3.63, 3.8) is 0 Å². The van der Waals surface area contributed by atoms with Crippen molar-refractivity contribution in [1.29, 1.82) is 0 Å². The van der Waals surface area contributed by atoms with Crippen LogP contribution in [0.25, 0.3) is 0 Å². The van der Waals surface area contributed by atoms with Crippen LogP contribution in [0.3, 0.4) is 0 Å². The van der Waals surface area contributed by atoms with Crippen LogP contribution < -0.4 is 5.63 Å². The van der Waals surface area contributed by atoms with E-state index in [4.69, 9.17) is 9.15 Å². The highest BCUT2D eigenvalue weighted by Gasteiger charge is 2.61. The Labute approximate surface area is 191 Å². The summed E-state index contributed by atoms with van der Waals surface area (Å²) in [5.41, 5.74) is 2.73. The second-order valence-electron chi connectivity index (χ2n) is 11.0. The van der Waals surface area contributed by atoms with Crippen LogP contribution in [0.5, 0.6) is 5.75 Å². The van der Waals surface area contributed by atoms with Gasteiger partial charge < -0.3 is 19.4 Å². The molecule has 0 aromatic carbocycles. The van der Waals surface area contributed by atoms with Gasteiger partial charge in [-0.1, -0.05) is 32.1 Å². The van der Waals surface area contributed by atoms with E-state index in [9.17, 15) is 15.0 Å². The Kier molecular flexibility index (Phi) is 5.96. The molecule has 0 radical (unpaired) electrons. The molecule has 6 unspecified atom stereocenters. The first-order valence-electron chi connectivity index (χ1n) is 11.9. The molecular weight excluding hydrogens is 404 g/mol. The molecule has 2 aliphatic carbocycles. The van der Waals surface area contributed by atoms with Gasteiger partial charge in [0, 0.05) is 5.56 Å². The zero-order valence-electron chi connectivity index (χ0n) is 20.2. The van der Waals surface area contributed by atoms with Crippen LogP contribution in [-0.4, -0.2) is 29.0 Å². The topological polar surface area (TPSA) is 79.9 Å². The average Bonchev–Trinajstić information content (AvgIpc) is 3.06. The zero-order chi connectivity index (χ0) is 23.4. The van der Waals surface area contributed by atoms with E-state index in [2.05, 4.69) is 26.5 Å². The van der Waals surface area contributed by atoms with E-state index < -0.39 is 5.63 Å². The van der Waals surface area contributed by atoms with Gasteiger partial charge in [0.2, 0.25) is 0 Å². The van der Waals surface area contributed by atoms with E-state index in [-0.39, 0.29) is 41.3 Å². The molecule has 0 spiro atoms. The van der Waals surface area contributed by atoms with Crippen molar-refractivity contribution >= 4 is 0 Å². The Balaban J connectivity index is 1.68. The summed E-state index contributed by atoms with van der Waals surface area (Å²) in [6.45, 7) is 14.7. The Bertz CT molecular complexity index is 1000. The van der Waals surface area contributed by atoms with Gasteiger partial charge in [-0.25, -0.2) is 4.79 Å². The molecule has 5 nitrogen and oxygen atoms in total. The van der Waals surface area contributed by atoms with Crippen LogP contribution in [0.4, 0.5) is 0 Å². The minimum atomic E-state index is -0.432. The third kappa shape index (κ3) is 3.58. The summed E-state index contributed by atoms with van der Waals surface area (Å²) in [6.07, 6.45) is 7.74. The van der Waals surface area contributed by atoms with Gasteiger partial charge in [-0.2, -0.15) is 0 Å². The molecular formula is C27H38O5. The lowest BCUT2D eigenvalue weighted by atomic mass is 9.45. The van der Waals surface area contributed by atoms with Crippen molar-refractivity contribution < 1.29 is 19.4 Å². The Morgan fingerprint density at radius 1 is 1.25 bits per heavy atom. The minimum Gasteiger partial charge on any atom is -0.507 e. The standard InChI is InChI=1S/C27H38O5/c1-15(14-28)11-19-13-27(6)22-8-7-16(2)21(26(22,5)10-9-23(27)32-19)12-20-24(29)17(3)18(4)31-25(20)30/h11,19,21-23,28-29H,2,7-10,12-14H2,1,3-6H3. The number of ether oxygens (including phenoxy) is 1. The molecule has 5 heteroatoms. The second kappa shape index (κ2) is 8.18. The maximum absolute atomic E-state index is 12.7. The van der Waals surface area contributed by atoms with Gasteiger partial charge in [0.1, 0.15) is 11.5 Å². The fraction of sp³-hybridized carbons (Fsp3) is 0.667. The molecule has 1 aromatic heterocycles. The first-order valence-corrected chi connectivity index (χ1v) is 11.9. The van der Waals surface area contributed by atoms with Crippen LogP contribution in [-0.2, 0) is 11.2 Å². The van der Waals surface area contributed by atoms with E-state index in [1.54, 1.807) is 13.8 Å². The fourth-order valence-corrected chi connectivity index (χ4v) is 7.16. The number of aliphatic hydroxyl groups excluding tert-OH is 1. The molecule has 1 aliphatic heterocycles. The summed E-state index contributed by atoms with van der Waals surface area (Å²) in [5, 5.41) is 20.2. The second-order valence-corrected chi connectivity index (χ2v) is 11.0. The first-order chi connectivity index (χ1) is 15.0. The van der Waals surface area contributed by atoms with Gasteiger partial charge in [0.25, 0.3) is 0 Å². The van der Waals surface area contributed by atoms with Crippen molar-refractivity contribution in [1.82, 2.24) is 0 Å². The number of allylic oxidation sites excluding steroid dienone is 1. The predicted octanol–water partition coefficient (Wildman–Crippen LogP) is 4.99. The predicted molar refractivity (Wildman–Crippen MR) is 125 cm³/mol. The molecule has 2 heterocycles. The molecule has 176 valence electrons. The Morgan fingerprint density at radius 3 is 2.66 bits per heavy atom. The quantitative estimate of drug-likeness (QED) is 0.642. The van der Waals surface area contributed by atoms with Gasteiger partial charge in [-0.05, 0) is 87.5 Å². The van der Waals surface area contributed by atoms with Crippen LogP contribution in [0.2, 0.25) is 0 Å². The summed E-state index contributed by atoms with van der Waals surface area (Å²) in [5.74, 6) is 1.10. The number of hydrogen-bond donors (Lipinski definition) is 2. The van der Waals surface area contributed by atoms with Crippen molar-refractivity contribution in [2.75, 3.05) is 6.61 Å². The number of fused-ring (bicyclic) bond motifs is 3. The van der Waals surface area contributed by atoms with Gasteiger partial charge in [0.05, 0.1) is 24.4 Å². The normalized spacial score (nSPS) is 37.3. The van der Waals surface area contributed by atoms with E-state index in [1.165, 1.54) is 5.57 Å². The summed E-state index contributed by atoms with van der Waals surface area (Å²) < 4.78 is 11.9. The number of aryl methyl sites for hydroxylation is 1. The van der Waals surface area contributed by atoms with E-state index in [0.717, 1.165) is 37.7 Å². The van der Waals surface area contributed by atoms with E-state index in [0.29, 0.717) is 29.2 Å². The smallest absolute Gasteiger partial charge is 0.342 e. The molecule has 1 saturated heterocycles.